The van der Waals surface area contributed by atoms with Crippen molar-refractivity contribution in [3.8, 4) is 0 Å². The molecule has 0 aliphatic heterocycles. The van der Waals surface area contributed by atoms with Gasteiger partial charge in [0.25, 0.3) is 0 Å². The summed E-state index contributed by atoms with van der Waals surface area (Å²) < 4.78 is 6.89. The van der Waals surface area contributed by atoms with E-state index in [1.54, 1.807) is 18.0 Å². The van der Waals surface area contributed by atoms with Crippen molar-refractivity contribution in [2.45, 2.75) is 31.9 Å². The molecule has 0 bridgehead atoms. The number of hydrogen-bond donors (Lipinski definition) is 1. The monoisotopic (exact) mass is 244 g/mol. The van der Waals surface area contributed by atoms with E-state index >= 15 is 0 Å². The Kier molecular flexibility index (Phi) is 3.24. The number of hydrogen-bond acceptors (Lipinski definition) is 3. The highest BCUT2D eigenvalue weighted by Gasteiger charge is 2.48. The van der Waals surface area contributed by atoms with Gasteiger partial charge in [-0.25, -0.2) is 0 Å². The molecule has 1 unspecified atom stereocenters. The van der Waals surface area contributed by atoms with Crippen molar-refractivity contribution in [2.24, 2.45) is 5.92 Å². The van der Waals surface area contributed by atoms with Gasteiger partial charge in [0.1, 0.15) is 5.60 Å². The number of aromatic nitrogens is 2. The molecule has 1 fully saturated rings. The highest BCUT2D eigenvalue weighted by atomic mass is 35.5. The summed E-state index contributed by atoms with van der Waals surface area (Å²) in [5.74, 6) is 0.243. The first kappa shape index (κ1) is 11.9. The van der Waals surface area contributed by atoms with Crippen LogP contribution < -0.4 is 0 Å². The molecule has 5 heteroatoms. The summed E-state index contributed by atoms with van der Waals surface area (Å²) in [4.78, 5) is 0. The maximum atomic E-state index is 10.7. The minimum absolute atomic E-state index is 0.243. The summed E-state index contributed by atoms with van der Waals surface area (Å²) in [5, 5.41) is 15.4. The Morgan fingerprint density at radius 2 is 2.38 bits per heavy atom. The summed E-state index contributed by atoms with van der Waals surface area (Å²) in [5.41, 5.74) is -0.292. The van der Waals surface area contributed by atoms with E-state index in [9.17, 15) is 5.11 Å². The third-order valence-electron chi connectivity index (χ3n) is 3.12. The Bertz CT molecular complexity index is 376. The standard InChI is InChI=1S/C11H17ClN2O2/c1-3-14-10(9(12)6-13-14)11(15,7-16-2)8-4-5-8/h6,8,15H,3-5,7H2,1-2H3. The first-order chi connectivity index (χ1) is 7.63. The third kappa shape index (κ3) is 1.85. The van der Waals surface area contributed by atoms with Gasteiger partial charge in [0.05, 0.1) is 23.5 Å². The highest BCUT2D eigenvalue weighted by Crippen LogP contribution is 2.47. The Hall–Kier alpha value is -0.580. The molecule has 4 nitrogen and oxygen atoms in total. The van der Waals surface area contributed by atoms with E-state index in [-0.39, 0.29) is 12.5 Å². The van der Waals surface area contributed by atoms with E-state index in [1.165, 1.54) is 0 Å². The second-order valence-corrected chi connectivity index (χ2v) is 4.70. The van der Waals surface area contributed by atoms with Crippen LogP contribution in [0.25, 0.3) is 0 Å². The van der Waals surface area contributed by atoms with Gasteiger partial charge >= 0.3 is 0 Å². The van der Waals surface area contributed by atoms with Crippen LogP contribution in [0.3, 0.4) is 0 Å². The smallest absolute Gasteiger partial charge is 0.134 e. The van der Waals surface area contributed by atoms with Crippen LogP contribution in [-0.4, -0.2) is 28.6 Å². The van der Waals surface area contributed by atoms with Crippen LogP contribution in [-0.2, 0) is 16.9 Å². The van der Waals surface area contributed by atoms with Gasteiger partial charge < -0.3 is 9.84 Å². The zero-order chi connectivity index (χ0) is 11.8. The van der Waals surface area contributed by atoms with E-state index in [1.807, 2.05) is 6.92 Å². The van der Waals surface area contributed by atoms with Crippen LogP contribution in [0, 0.1) is 5.92 Å². The van der Waals surface area contributed by atoms with E-state index in [4.69, 9.17) is 16.3 Å². The zero-order valence-corrected chi connectivity index (χ0v) is 10.4. The summed E-state index contributed by atoms with van der Waals surface area (Å²) in [7, 11) is 1.59. The Morgan fingerprint density at radius 3 is 2.88 bits per heavy atom. The lowest BCUT2D eigenvalue weighted by Gasteiger charge is -2.28. The fraction of sp³-hybridized carbons (Fsp3) is 0.727. The van der Waals surface area contributed by atoms with Crippen molar-refractivity contribution in [1.29, 1.82) is 0 Å². The van der Waals surface area contributed by atoms with Crippen LogP contribution in [0.4, 0.5) is 0 Å². The Labute approximate surface area is 100 Å². The molecule has 0 saturated heterocycles. The maximum absolute atomic E-state index is 10.7. The number of aliphatic hydroxyl groups is 1. The molecule has 0 amide bonds. The molecule has 0 radical (unpaired) electrons. The molecule has 1 aromatic heterocycles. The van der Waals surface area contributed by atoms with Crippen molar-refractivity contribution in [1.82, 2.24) is 9.78 Å². The van der Waals surface area contributed by atoms with Crippen molar-refractivity contribution in [2.75, 3.05) is 13.7 Å². The van der Waals surface area contributed by atoms with Gasteiger partial charge in [-0.1, -0.05) is 11.6 Å². The van der Waals surface area contributed by atoms with Crippen LogP contribution >= 0.6 is 11.6 Å². The number of rotatable bonds is 5. The van der Waals surface area contributed by atoms with Gasteiger partial charge in [-0.2, -0.15) is 5.10 Å². The Morgan fingerprint density at radius 1 is 1.69 bits per heavy atom. The van der Waals surface area contributed by atoms with Gasteiger partial charge in [0, 0.05) is 13.7 Å². The number of nitrogens with zero attached hydrogens (tertiary/aromatic N) is 2. The van der Waals surface area contributed by atoms with Gasteiger partial charge in [0.15, 0.2) is 0 Å². The summed E-state index contributed by atoms with van der Waals surface area (Å²) in [6, 6.07) is 0. The minimum atomic E-state index is -0.988. The van der Waals surface area contributed by atoms with E-state index in [0.717, 1.165) is 12.8 Å². The molecule has 1 atom stereocenters. The van der Waals surface area contributed by atoms with Crippen LogP contribution in [0.2, 0.25) is 5.02 Å². The largest absolute Gasteiger partial charge is 0.381 e. The van der Waals surface area contributed by atoms with E-state index < -0.39 is 5.60 Å². The van der Waals surface area contributed by atoms with E-state index in [2.05, 4.69) is 5.10 Å². The fourth-order valence-electron chi connectivity index (χ4n) is 2.19. The molecule has 1 aliphatic rings. The normalized spacial score (nSPS) is 19.8. The molecule has 0 aromatic carbocycles. The van der Waals surface area contributed by atoms with Gasteiger partial charge in [-0.3, -0.25) is 4.68 Å². The number of aryl methyl sites for hydroxylation is 1. The zero-order valence-electron chi connectivity index (χ0n) is 9.61. The topological polar surface area (TPSA) is 47.3 Å². The summed E-state index contributed by atoms with van der Waals surface area (Å²) in [6.07, 6.45) is 3.62. The molecule has 1 aliphatic carbocycles. The van der Waals surface area contributed by atoms with Crippen LogP contribution in [0.1, 0.15) is 25.5 Å². The Balaban J connectivity index is 2.41. The lowest BCUT2D eigenvalue weighted by molar-refractivity contribution is -0.0592. The van der Waals surface area contributed by atoms with Gasteiger partial charge in [-0.05, 0) is 25.7 Å². The SMILES string of the molecule is CCn1ncc(Cl)c1C(O)(COC)C1CC1. The fourth-order valence-corrected chi connectivity index (χ4v) is 2.50. The molecule has 0 spiro atoms. The van der Waals surface area contributed by atoms with E-state index in [0.29, 0.717) is 17.3 Å². The molecule has 1 aromatic rings. The number of halogens is 1. The number of methoxy groups -OCH3 is 1. The second kappa shape index (κ2) is 4.35. The second-order valence-electron chi connectivity index (χ2n) is 4.29. The first-order valence-electron chi connectivity index (χ1n) is 5.56. The molecule has 1 heterocycles. The predicted octanol–water partition coefficient (Wildman–Crippen LogP) is 1.80. The van der Waals surface area contributed by atoms with Gasteiger partial charge in [-0.15, -0.1) is 0 Å². The minimum Gasteiger partial charge on any atom is -0.381 e. The average molecular weight is 245 g/mol. The first-order valence-corrected chi connectivity index (χ1v) is 5.94. The molecule has 1 saturated carbocycles. The van der Waals surface area contributed by atoms with Crippen molar-refractivity contribution in [3.05, 3.63) is 16.9 Å². The molecular weight excluding hydrogens is 228 g/mol. The quantitative estimate of drug-likeness (QED) is 0.859. The summed E-state index contributed by atoms with van der Waals surface area (Å²) >= 11 is 6.12. The lowest BCUT2D eigenvalue weighted by Crippen LogP contribution is -2.36. The van der Waals surface area contributed by atoms with Crippen molar-refractivity contribution >= 4 is 11.6 Å². The highest BCUT2D eigenvalue weighted by molar-refractivity contribution is 6.31. The summed E-state index contributed by atoms with van der Waals surface area (Å²) in [6.45, 7) is 2.94. The molecule has 90 valence electrons. The van der Waals surface area contributed by atoms with Crippen LogP contribution in [0.5, 0.6) is 0 Å². The predicted molar refractivity (Wildman–Crippen MR) is 61.4 cm³/mol. The molecule has 16 heavy (non-hydrogen) atoms. The van der Waals surface area contributed by atoms with Gasteiger partial charge in [0.2, 0.25) is 0 Å². The average Bonchev–Trinajstić information content (AvgIpc) is 3.03. The molecular formula is C11H17ClN2O2. The maximum Gasteiger partial charge on any atom is 0.134 e. The third-order valence-corrected chi connectivity index (χ3v) is 3.40. The molecule has 1 N–H and O–H groups in total. The van der Waals surface area contributed by atoms with Crippen LogP contribution in [0.15, 0.2) is 6.20 Å². The van der Waals surface area contributed by atoms with Crippen molar-refractivity contribution < 1.29 is 9.84 Å². The number of ether oxygens (including phenoxy) is 1. The molecule has 2 rings (SSSR count). The lowest BCUT2D eigenvalue weighted by atomic mass is 9.94. The van der Waals surface area contributed by atoms with Crippen molar-refractivity contribution in [3.63, 3.8) is 0 Å².